The third kappa shape index (κ3) is 4.58. The van der Waals surface area contributed by atoms with Gasteiger partial charge in [0.25, 0.3) is 0 Å². The molecule has 1 aliphatic heterocycles. The molecule has 1 saturated carbocycles. The zero-order valence-corrected chi connectivity index (χ0v) is 20.0. The van der Waals surface area contributed by atoms with Gasteiger partial charge in [-0.3, -0.25) is 4.79 Å². The van der Waals surface area contributed by atoms with E-state index in [9.17, 15) is 18.3 Å². The fraction of sp³-hybridized carbons (Fsp3) is 0.625. The molecule has 1 fully saturated rings. The number of sulfonamides is 1. The second-order valence-electron chi connectivity index (χ2n) is 9.52. The minimum atomic E-state index is -3.85. The highest BCUT2D eigenvalue weighted by atomic mass is 32.2. The lowest BCUT2D eigenvalue weighted by Gasteiger charge is -2.37. The van der Waals surface area contributed by atoms with Crippen molar-refractivity contribution in [2.45, 2.75) is 63.0 Å². The van der Waals surface area contributed by atoms with Crippen molar-refractivity contribution in [3.63, 3.8) is 0 Å². The zero-order valence-electron chi connectivity index (χ0n) is 19.2. The van der Waals surface area contributed by atoms with Crippen LogP contribution in [-0.4, -0.2) is 67.5 Å². The lowest BCUT2D eigenvalue weighted by Crippen LogP contribution is -2.50. The van der Waals surface area contributed by atoms with E-state index in [0.717, 1.165) is 37.7 Å². The van der Waals surface area contributed by atoms with Crippen LogP contribution in [0.1, 0.15) is 51.5 Å². The summed E-state index contributed by atoms with van der Waals surface area (Å²) in [6.07, 6.45) is 6.80. The highest BCUT2D eigenvalue weighted by Gasteiger charge is 2.39. The van der Waals surface area contributed by atoms with E-state index in [2.05, 4.69) is 6.08 Å². The van der Waals surface area contributed by atoms with Gasteiger partial charge in [-0.05, 0) is 62.3 Å². The molecule has 176 valence electrons. The maximum atomic E-state index is 13.5. The van der Waals surface area contributed by atoms with Gasteiger partial charge in [-0.25, -0.2) is 8.42 Å². The number of fused-ring (bicyclic) bond motifs is 1. The molecule has 0 aromatic heterocycles. The van der Waals surface area contributed by atoms with Crippen molar-refractivity contribution < 1.29 is 23.1 Å². The Labute approximate surface area is 191 Å². The Morgan fingerprint density at radius 3 is 2.72 bits per heavy atom. The van der Waals surface area contributed by atoms with Crippen molar-refractivity contribution in [1.82, 2.24) is 9.21 Å². The number of ether oxygens (including phenoxy) is 1. The molecule has 1 aromatic rings. The summed E-state index contributed by atoms with van der Waals surface area (Å²) in [4.78, 5) is 14.4. The minimum Gasteiger partial charge on any atom is -0.487 e. The maximum absolute atomic E-state index is 13.5. The van der Waals surface area contributed by atoms with Crippen LogP contribution in [0.4, 0.5) is 0 Å². The topological polar surface area (TPSA) is 87.2 Å². The van der Waals surface area contributed by atoms with Crippen LogP contribution in [0.2, 0.25) is 0 Å². The van der Waals surface area contributed by atoms with Gasteiger partial charge in [0, 0.05) is 31.5 Å². The van der Waals surface area contributed by atoms with Crippen LogP contribution in [-0.2, 0) is 14.8 Å². The Bertz CT molecular complexity index is 1000. The molecule has 1 aromatic carbocycles. The first-order valence-corrected chi connectivity index (χ1v) is 13.0. The SMILES string of the molecule is C[C@@H]1CN([C@@H](C)CO)S(=O)(=O)c2ccc(C3=CCCC3)cc2O[C@@H]1CN(C)C(=O)C1CC1. The van der Waals surface area contributed by atoms with Crippen molar-refractivity contribution in [2.75, 3.05) is 26.7 Å². The first kappa shape index (κ1) is 23.3. The number of likely N-dealkylation sites (N-methyl/N-ethyl adjacent to an activating group) is 1. The molecule has 0 spiro atoms. The fourth-order valence-corrected chi connectivity index (χ4v) is 6.40. The first-order chi connectivity index (χ1) is 15.2. The summed E-state index contributed by atoms with van der Waals surface area (Å²) in [5.41, 5.74) is 2.19. The average Bonchev–Trinajstić information content (AvgIpc) is 3.48. The van der Waals surface area contributed by atoms with Gasteiger partial charge < -0.3 is 14.7 Å². The number of amides is 1. The van der Waals surface area contributed by atoms with Gasteiger partial charge in [0.2, 0.25) is 15.9 Å². The predicted octanol–water partition coefficient (Wildman–Crippen LogP) is 2.89. The molecule has 1 amide bonds. The summed E-state index contributed by atoms with van der Waals surface area (Å²) in [6, 6.07) is 4.75. The summed E-state index contributed by atoms with van der Waals surface area (Å²) in [6.45, 7) is 4.00. The molecule has 1 heterocycles. The second-order valence-corrected chi connectivity index (χ2v) is 11.4. The van der Waals surface area contributed by atoms with Gasteiger partial charge in [-0.1, -0.05) is 19.1 Å². The van der Waals surface area contributed by atoms with E-state index in [1.807, 2.05) is 19.1 Å². The van der Waals surface area contributed by atoms with Crippen molar-refractivity contribution in [1.29, 1.82) is 0 Å². The number of hydrogen-bond acceptors (Lipinski definition) is 5. The molecule has 3 atom stereocenters. The van der Waals surface area contributed by atoms with Crippen LogP contribution in [0.15, 0.2) is 29.2 Å². The van der Waals surface area contributed by atoms with E-state index in [4.69, 9.17) is 4.74 Å². The summed E-state index contributed by atoms with van der Waals surface area (Å²) in [5.74, 6) is 0.398. The number of aliphatic hydroxyl groups is 1. The van der Waals surface area contributed by atoms with Gasteiger partial charge in [0.1, 0.15) is 16.7 Å². The Kier molecular flexibility index (Phi) is 6.66. The summed E-state index contributed by atoms with van der Waals surface area (Å²) in [5, 5.41) is 9.76. The van der Waals surface area contributed by atoms with Crippen LogP contribution < -0.4 is 4.74 Å². The average molecular weight is 463 g/mol. The lowest BCUT2D eigenvalue weighted by molar-refractivity contribution is -0.132. The molecule has 0 unspecified atom stereocenters. The molecule has 8 heteroatoms. The van der Waals surface area contributed by atoms with E-state index < -0.39 is 16.1 Å². The van der Waals surface area contributed by atoms with E-state index in [-0.39, 0.29) is 41.9 Å². The zero-order chi connectivity index (χ0) is 23.0. The van der Waals surface area contributed by atoms with Gasteiger partial charge >= 0.3 is 0 Å². The molecule has 0 radical (unpaired) electrons. The number of benzene rings is 1. The van der Waals surface area contributed by atoms with Crippen LogP contribution in [0, 0.1) is 11.8 Å². The lowest BCUT2D eigenvalue weighted by atomic mass is 10.0. The van der Waals surface area contributed by atoms with Crippen LogP contribution in [0.3, 0.4) is 0 Å². The van der Waals surface area contributed by atoms with Crippen molar-refractivity contribution in [3.8, 4) is 5.75 Å². The minimum absolute atomic E-state index is 0.114. The molecular weight excluding hydrogens is 428 g/mol. The van der Waals surface area contributed by atoms with Crippen LogP contribution >= 0.6 is 0 Å². The van der Waals surface area contributed by atoms with Crippen LogP contribution in [0.25, 0.3) is 5.57 Å². The van der Waals surface area contributed by atoms with Crippen LogP contribution in [0.5, 0.6) is 5.75 Å². The predicted molar refractivity (Wildman–Crippen MR) is 123 cm³/mol. The Morgan fingerprint density at radius 2 is 2.09 bits per heavy atom. The smallest absolute Gasteiger partial charge is 0.247 e. The van der Waals surface area contributed by atoms with E-state index >= 15 is 0 Å². The molecule has 7 nitrogen and oxygen atoms in total. The highest BCUT2D eigenvalue weighted by molar-refractivity contribution is 7.89. The summed E-state index contributed by atoms with van der Waals surface area (Å²) >= 11 is 0. The van der Waals surface area contributed by atoms with Gasteiger partial charge in [0.15, 0.2) is 0 Å². The standard InChI is InChI=1S/C24H34N2O5S/c1-16-13-26(17(2)15-27)32(29,30)23-11-10-20(18-6-4-5-7-18)12-21(23)31-22(16)14-25(3)24(28)19-8-9-19/h6,10-12,16-17,19,22,27H,4-5,7-9,13-15H2,1-3H3/t16-,17+,22-/m1/s1. The number of carbonyl (C=O) groups excluding carboxylic acids is 1. The number of aliphatic hydroxyl groups excluding tert-OH is 1. The van der Waals surface area contributed by atoms with Gasteiger partial charge in [-0.15, -0.1) is 0 Å². The van der Waals surface area contributed by atoms with Crippen molar-refractivity contribution in [3.05, 3.63) is 29.8 Å². The van der Waals surface area contributed by atoms with Crippen molar-refractivity contribution in [2.24, 2.45) is 11.8 Å². The monoisotopic (exact) mass is 462 g/mol. The number of nitrogens with zero attached hydrogens (tertiary/aromatic N) is 2. The quantitative estimate of drug-likeness (QED) is 0.702. The molecule has 32 heavy (non-hydrogen) atoms. The normalized spacial score (nSPS) is 26.3. The van der Waals surface area contributed by atoms with E-state index in [0.29, 0.717) is 12.3 Å². The Balaban J connectivity index is 1.73. The number of carbonyl (C=O) groups is 1. The van der Waals surface area contributed by atoms with Gasteiger partial charge in [0.05, 0.1) is 13.2 Å². The highest BCUT2D eigenvalue weighted by Crippen LogP contribution is 2.38. The molecule has 3 aliphatic rings. The number of rotatable bonds is 6. The largest absolute Gasteiger partial charge is 0.487 e. The third-order valence-corrected chi connectivity index (χ3v) is 8.86. The molecule has 4 rings (SSSR count). The van der Waals surface area contributed by atoms with Gasteiger partial charge in [-0.2, -0.15) is 4.31 Å². The maximum Gasteiger partial charge on any atom is 0.247 e. The second kappa shape index (κ2) is 9.15. The Morgan fingerprint density at radius 1 is 1.34 bits per heavy atom. The Hall–Kier alpha value is -1.90. The van der Waals surface area contributed by atoms with E-state index in [1.165, 1.54) is 9.88 Å². The van der Waals surface area contributed by atoms with E-state index in [1.54, 1.807) is 24.9 Å². The number of allylic oxidation sites excluding steroid dienone is 2. The molecule has 2 aliphatic carbocycles. The molecule has 1 N–H and O–H groups in total. The molecule has 0 saturated heterocycles. The third-order valence-electron chi connectivity index (χ3n) is 6.84. The fourth-order valence-electron chi connectivity index (χ4n) is 4.58. The number of hydrogen-bond donors (Lipinski definition) is 1. The molecule has 0 bridgehead atoms. The summed E-state index contributed by atoms with van der Waals surface area (Å²) < 4.78 is 34.8. The first-order valence-electron chi connectivity index (χ1n) is 11.6. The summed E-state index contributed by atoms with van der Waals surface area (Å²) in [7, 11) is -2.06. The van der Waals surface area contributed by atoms with Crippen molar-refractivity contribution >= 4 is 21.5 Å². The molecular formula is C24H34N2O5S.